The fraction of sp³-hybridized carbons (Fsp3) is 0.474. The second-order valence-corrected chi connectivity index (χ2v) is 7.95. The molecule has 6 heteroatoms. The van der Waals surface area contributed by atoms with Crippen molar-refractivity contribution in [2.75, 3.05) is 11.5 Å². The quantitative estimate of drug-likeness (QED) is 0.799. The molecule has 1 spiro atoms. The van der Waals surface area contributed by atoms with E-state index in [9.17, 15) is 4.79 Å². The fourth-order valence-electron chi connectivity index (χ4n) is 4.41. The third-order valence-electron chi connectivity index (χ3n) is 5.56. The van der Waals surface area contributed by atoms with Gasteiger partial charge in [0.05, 0.1) is 22.4 Å². The first-order valence-corrected chi connectivity index (χ1v) is 9.62. The molecule has 5 nitrogen and oxygen atoms in total. The zero-order chi connectivity index (χ0) is 17.0. The number of carbonyl (C=O) groups is 1. The molecule has 3 aliphatic rings. The Labute approximate surface area is 150 Å². The van der Waals surface area contributed by atoms with Gasteiger partial charge >= 0.3 is 6.03 Å². The van der Waals surface area contributed by atoms with E-state index in [4.69, 9.17) is 9.72 Å². The Kier molecular flexibility index (Phi) is 3.23. The van der Waals surface area contributed by atoms with Crippen molar-refractivity contribution in [1.29, 1.82) is 0 Å². The van der Waals surface area contributed by atoms with E-state index in [1.807, 2.05) is 19.1 Å². The fourth-order valence-corrected chi connectivity index (χ4v) is 5.43. The molecule has 128 valence electrons. The lowest BCUT2D eigenvalue weighted by Crippen LogP contribution is -2.47. The normalized spacial score (nSPS) is 23.5. The van der Waals surface area contributed by atoms with Gasteiger partial charge in [-0.25, -0.2) is 9.78 Å². The number of anilines is 1. The van der Waals surface area contributed by atoms with Gasteiger partial charge in [0.15, 0.2) is 5.13 Å². The first-order valence-electron chi connectivity index (χ1n) is 8.81. The maximum atomic E-state index is 12.8. The number of fused-ring (bicyclic) bond motifs is 3. The van der Waals surface area contributed by atoms with E-state index >= 15 is 0 Å². The van der Waals surface area contributed by atoms with Gasteiger partial charge in [0, 0.05) is 12.0 Å². The van der Waals surface area contributed by atoms with Crippen LogP contribution < -0.4 is 15.0 Å². The molecule has 5 rings (SSSR count). The minimum atomic E-state index is -0.219. The van der Waals surface area contributed by atoms with Crippen LogP contribution in [0.15, 0.2) is 12.1 Å². The van der Waals surface area contributed by atoms with Crippen molar-refractivity contribution in [3.63, 3.8) is 0 Å². The van der Waals surface area contributed by atoms with E-state index in [1.54, 1.807) is 16.2 Å². The molecule has 1 aliphatic carbocycles. The molecule has 1 saturated heterocycles. The molecule has 1 aromatic carbocycles. The molecule has 1 aromatic heterocycles. The Morgan fingerprint density at radius 3 is 3.04 bits per heavy atom. The summed E-state index contributed by atoms with van der Waals surface area (Å²) in [7, 11) is 0. The highest BCUT2D eigenvalue weighted by atomic mass is 32.1. The minimum absolute atomic E-state index is 0.0680. The molecule has 0 radical (unpaired) electrons. The van der Waals surface area contributed by atoms with Gasteiger partial charge in [0.2, 0.25) is 0 Å². The third-order valence-corrected chi connectivity index (χ3v) is 6.58. The summed E-state index contributed by atoms with van der Waals surface area (Å²) in [6.07, 6.45) is 5.14. The number of carbonyl (C=O) groups excluding carboxylic acids is 1. The number of benzene rings is 1. The summed E-state index contributed by atoms with van der Waals surface area (Å²) in [5.74, 6) is 7.24. The second-order valence-electron chi connectivity index (χ2n) is 6.94. The van der Waals surface area contributed by atoms with Crippen LogP contribution in [0.1, 0.15) is 38.2 Å². The largest absolute Gasteiger partial charge is 0.493 e. The van der Waals surface area contributed by atoms with Gasteiger partial charge in [-0.1, -0.05) is 30.1 Å². The molecule has 2 fully saturated rings. The summed E-state index contributed by atoms with van der Waals surface area (Å²) in [5, 5.41) is 3.98. The number of nitrogens with zero attached hydrogens (tertiary/aromatic N) is 2. The second kappa shape index (κ2) is 5.37. The molecule has 2 aliphatic heterocycles. The smallest absolute Gasteiger partial charge is 0.325 e. The summed E-state index contributed by atoms with van der Waals surface area (Å²) < 4.78 is 6.75. The predicted molar refractivity (Wildman–Crippen MR) is 98.3 cm³/mol. The van der Waals surface area contributed by atoms with E-state index in [0.29, 0.717) is 6.61 Å². The number of nitrogens with one attached hydrogen (secondary N) is 1. The van der Waals surface area contributed by atoms with Gasteiger partial charge in [0.1, 0.15) is 11.8 Å². The maximum absolute atomic E-state index is 12.8. The number of ether oxygens (including phenoxy) is 1. The highest BCUT2D eigenvalue weighted by Gasteiger charge is 2.53. The maximum Gasteiger partial charge on any atom is 0.325 e. The lowest BCUT2D eigenvalue weighted by atomic mass is 9.90. The third kappa shape index (κ3) is 2.09. The Morgan fingerprint density at radius 2 is 2.24 bits per heavy atom. The van der Waals surface area contributed by atoms with Gasteiger partial charge in [-0.3, -0.25) is 4.90 Å². The van der Waals surface area contributed by atoms with Crippen LogP contribution in [0, 0.1) is 11.8 Å². The first kappa shape index (κ1) is 15.0. The minimum Gasteiger partial charge on any atom is -0.493 e. The number of aromatic nitrogens is 1. The first-order chi connectivity index (χ1) is 12.2. The van der Waals surface area contributed by atoms with Crippen LogP contribution in [0.4, 0.5) is 9.93 Å². The van der Waals surface area contributed by atoms with Crippen molar-refractivity contribution >= 4 is 32.7 Å². The number of hydrogen-bond acceptors (Lipinski definition) is 4. The number of urea groups is 1. The van der Waals surface area contributed by atoms with Crippen molar-refractivity contribution in [2.45, 2.75) is 50.6 Å². The van der Waals surface area contributed by atoms with E-state index < -0.39 is 0 Å². The molecule has 2 aromatic rings. The van der Waals surface area contributed by atoms with Gasteiger partial charge in [-0.15, -0.1) is 5.92 Å². The molecule has 1 saturated carbocycles. The molecule has 1 atom stereocenters. The zero-order valence-corrected chi connectivity index (χ0v) is 14.9. The van der Waals surface area contributed by atoms with Crippen LogP contribution in [0.3, 0.4) is 0 Å². The summed E-state index contributed by atoms with van der Waals surface area (Å²) in [6, 6.07) is 3.85. The molecular weight excluding hydrogens is 334 g/mol. The summed E-state index contributed by atoms with van der Waals surface area (Å²) in [4.78, 5) is 19.4. The van der Waals surface area contributed by atoms with Crippen LogP contribution >= 0.6 is 11.3 Å². The summed E-state index contributed by atoms with van der Waals surface area (Å²) >= 11 is 1.57. The van der Waals surface area contributed by atoms with Gasteiger partial charge in [0.25, 0.3) is 0 Å². The molecule has 3 heterocycles. The molecule has 1 N–H and O–H groups in total. The van der Waals surface area contributed by atoms with E-state index in [1.165, 1.54) is 0 Å². The molecule has 1 unspecified atom stereocenters. The topological polar surface area (TPSA) is 54.5 Å². The summed E-state index contributed by atoms with van der Waals surface area (Å²) in [5.41, 5.74) is 1.91. The molecule has 0 bridgehead atoms. The predicted octanol–water partition coefficient (Wildman–Crippen LogP) is 3.47. The lowest BCUT2D eigenvalue weighted by molar-refractivity contribution is 0.247. The lowest BCUT2D eigenvalue weighted by Gasteiger charge is -2.28. The Morgan fingerprint density at radius 1 is 1.40 bits per heavy atom. The number of amides is 2. The van der Waals surface area contributed by atoms with Crippen LogP contribution in [-0.4, -0.2) is 29.2 Å². The number of rotatable bonds is 1. The van der Waals surface area contributed by atoms with E-state index in [0.717, 1.165) is 58.8 Å². The van der Waals surface area contributed by atoms with Gasteiger partial charge in [-0.05, 0) is 31.9 Å². The average Bonchev–Trinajstić information content (AvgIpc) is 3.35. The van der Waals surface area contributed by atoms with Crippen molar-refractivity contribution in [3.8, 4) is 17.6 Å². The SMILES string of the molecule is CC#CC1N(c2nc3c4c(ccc3s2)OCC4)C(=O)NC12CCCC2. The molecule has 2 amide bonds. The monoisotopic (exact) mass is 353 g/mol. The van der Waals surface area contributed by atoms with Crippen molar-refractivity contribution < 1.29 is 9.53 Å². The average molecular weight is 353 g/mol. The van der Waals surface area contributed by atoms with Crippen molar-refractivity contribution in [3.05, 3.63) is 17.7 Å². The van der Waals surface area contributed by atoms with Crippen LogP contribution in [0.25, 0.3) is 10.2 Å². The van der Waals surface area contributed by atoms with E-state index in [2.05, 4.69) is 17.2 Å². The van der Waals surface area contributed by atoms with Crippen molar-refractivity contribution in [1.82, 2.24) is 10.3 Å². The standard InChI is InChI=1S/C19H19N3O2S/c1-2-5-15-19(9-3-4-10-19)21-17(23)22(15)18-20-16-12-8-11-24-13(12)6-7-14(16)25-18/h6-7,15H,3-4,8-11H2,1H3,(H,21,23). The highest BCUT2D eigenvalue weighted by molar-refractivity contribution is 7.22. The van der Waals surface area contributed by atoms with Gasteiger partial charge in [-0.2, -0.15) is 0 Å². The summed E-state index contributed by atoms with van der Waals surface area (Å²) in [6.45, 7) is 2.55. The molecular formula is C19H19N3O2S. The molecule has 25 heavy (non-hydrogen) atoms. The van der Waals surface area contributed by atoms with Crippen molar-refractivity contribution in [2.24, 2.45) is 0 Å². The zero-order valence-electron chi connectivity index (χ0n) is 14.1. The highest BCUT2D eigenvalue weighted by Crippen LogP contribution is 2.43. The number of hydrogen-bond donors (Lipinski definition) is 1. The Hall–Kier alpha value is -2.26. The van der Waals surface area contributed by atoms with Gasteiger partial charge < -0.3 is 10.1 Å². The Balaban J connectivity index is 1.62. The van der Waals surface area contributed by atoms with Crippen LogP contribution in [0.5, 0.6) is 5.75 Å². The van der Waals surface area contributed by atoms with E-state index in [-0.39, 0.29) is 17.6 Å². The number of thiazole rings is 1. The Bertz CT molecular complexity index is 933. The van der Waals surface area contributed by atoms with Crippen LogP contribution in [-0.2, 0) is 6.42 Å². The van der Waals surface area contributed by atoms with Crippen LogP contribution in [0.2, 0.25) is 0 Å².